The zero-order valence-electron chi connectivity index (χ0n) is 15.9. The van der Waals surface area contributed by atoms with Crippen LogP contribution in [0.5, 0.6) is 11.5 Å². The molecule has 1 heterocycles. The quantitative estimate of drug-likeness (QED) is 0.665. The molecule has 0 spiro atoms. The molecule has 10 heteroatoms. The summed E-state index contributed by atoms with van der Waals surface area (Å²) < 4.78 is 23.3. The number of thioether (sulfide) groups is 1. The molecule has 0 radical (unpaired) electrons. The first-order valence-corrected chi connectivity index (χ1v) is 9.74. The third-order valence-electron chi connectivity index (χ3n) is 4.06. The first-order chi connectivity index (χ1) is 14.3. The molecule has 1 saturated heterocycles. The first-order valence-electron chi connectivity index (χ1n) is 8.54. The summed E-state index contributed by atoms with van der Waals surface area (Å²) in [5.41, 5.74) is 0.878. The lowest BCUT2D eigenvalue weighted by molar-refractivity contribution is -0.127. The summed E-state index contributed by atoms with van der Waals surface area (Å²) in [7, 11) is 2.90. The number of hydrogen-bond donors (Lipinski definition) is 1. The number of rotatable bonds is 6. The highest BCUT2D eigenvalue weighted by Crippen LogP contribution is 2.38. The van der Waals surface area contributed by atoms with Gasteiger partial charge in [-0.1, -0.05) is 11.6 Å². The van der Waals surface area contributed by atoms with E-state index in [-0.39, 0.29) is 9.93 Å². The molecule has 2 aromatic rings. The van der Waals surface area contributed by atoms with E-state index in [9.17, 15) is 18.8 Å². The van der Waals surface area contributed by atoms with Crippen LogP contribution in [0.3, 0.4) is 0 Å². The van der Waals surface area contributed by atoms with E-state index in [1.807, 2.05) is 0 Å². The van der Waals surface area contributed by atoms with Crippen molar-refractivity contribution in [2.75, 3.05) is 26.1 Å². The standard InChI is InChI=1S/C20H16ClFN2O5S/c1-28-15-8-11(7-14(21)18(15)29-2)9-16-19(26)24(20(27)30-16)10-17(25)23-13-5-3-12(22)4-6-13/h3-9H,10H2,1-2H3,(H,23,25)/b16-9-. The maximum atomic E-state index is 12.9. The Bertz CT molecular complexity index is 1040. The van der Waals surface area contributed by atoms with Crippen LogP contribution in [-0.2, 0) is 9.59 Å². The average molecular weight is 451 g/mol. The third-order valence-corrected chi connectivity index (χ3v) is 5.25. The second-order valence-electron chi connectivity index (χ2n) is 6.06. The van der Waals surface area contributed by atoms with Crippen LogP contribution >= 0.6 is 23.4 Å². The Kier molecular flexibility index (Phi) is 6.63. The van der Waals surface area contributed by atoms with E-state index < -0.39 is 29.4 Å². The fraction of sp³-hybridized carbons (Fsp3) is 0.150. The van der Waals surface area contributed by atoms with Crippen LogP contribution in [0.15, 0.2) is 41.3 Å². The molecule has 1 fully saturated rings. The largest absolute Gasteiger partial charge is 0.493 e. The van der Waals surface area contributed by atoms with Crippen LogP contribution in [0.2, 0.25) is 5.02 Å². The van der Waals surface area contributed by atoms with Gasteiger partial charge in [-0.2, -0.15) is 0 Å². The van der Waals surface area contributed by atoms with Gasteiger partial charge in [0.25, 0.3) is 11.1 Å². The SMILES string of the molecule is COc1cc(/C=C2\SC(=O)N(CC(=O)Nc3ccc(F)cc3)C2=O)cc(Cl)c1OC. The van der Waals surface area contributed by atoms with Gasteiger partial charge < -0.3 is 14.8 Å². The summed E-state index contributed by atoms with van der Waals surface area (Å²) in [6.45, 7) is -0.466. The van der Waals surface area contributed by atoms with Gasteiger partial charge in [-0.3, -0.25) is 19.3 Å². The molecule has 0 atom stereocenters. The van der Waals surface area contributed by atoms with Crippen molar-refractivity contribution in [2.45, 2.75) is 0 Å². The second kappa shape index (κ2) is 9.19. The smallest absolute Gasteiger partial charge is 0.294 e. The Morgan fingerprint density at radius 3 is 2.53 bits per heavy atom. The molecule has 156 valence electrons. The number of imide groups is 1. The highest BCUT2D eigenvalue weighted by Gasteiger charge is 2.36. The molecule has 1 aliphatic rings. The molecule has 0 unspecified atom stereocenters. The molecule has 0 aromatic heterocycles. The summed E-state index contributed by atoms with van der Waals surface area (Å²) in [6, 6.07) is 8.31. The summed E-state index contributed by atoms with van der Waals surface area (Å²) in [5.74, 6) is -0.917. The number of nitrogens with zero attached hydrogens (tertiary/aromatic N) is 1. The summed E-state index contributed by atoms with van der Waals surface area (Å²) in [5, 5.41) is 2.21. The van der Waals surface area contributed by atoms with E-state index >= 15 is 0 Å². The van der Waals surface area contributed by atoms with Gasteiger partial charge in [-0.15, -0.1) is 0 Å². The van der Waals surface area contributed by atoms with E-state index in [0.717, 1.165) is 4.90 Å². The molecule has 3 rings (SSSR count). The average Bonchev–Trinajstić information content (AvgIpc) is 2.96. The minimum atomic E-state index is -0.606. The Hall–Kier alpha value is -3.04. The van der Waals surface area contributed by atoms with Crippen molar-refractivity contribution in [3.05, 3.63) is 57.7 Å². The van der Waals surface area contributed by atoms with Crippen LogP contribution in [-0.4, -0.2) is 42.7 Å². The number of carbonyl (C=O) groups is 3. The monoisotopic (exact) mass is 450 g/mol. The molecule has 2 aromatic carbocycles. The molecule has 0 saturated carbocycles. The maximum Gasteiger partial charge on any atom is 0.294 e. The summed E-state index contributed by atoms with van der Waals surface area (Å²) in [4.78, 5) is 38.0. The Morgan fingerprint density at radius 2 is 1.90 bits per heavy atom. The van der Waals surface area contributed by atoms with Gasteiger partial charge in [-0.25, -0.2) is 4.39 Å². The molecular formula is C20H16ClFN2O5S. The van der Waals surface area contributed by atoms with Crippen molar-refractivity contribution in [2.24, 2.45) is 0 Å². The van der Waals surface area contributed by atoms with Crippen LogP contribution in [0, 0.1) is 5.82 Å². The topological polar surface area (TPSA) is 84.9 Å². The lowest BCUT2D eigenvalue weighted by Gasteiger charge is -2.12. The molecule has 1 aliphatic heterocycles. The maximum absolute atomic E-state index is 12.9. The number of benzene rings is 2. The number of nitrogens with one attached hydrogen (secondary N) is 1. The van der Waals surface area contributed by atoms with Crippen molar-refractivity contribution in [3.63, 3.8) is 0 Å². The van der Waals surface area contributed by atoms with Crippen molar-refractivity contribution in [3.8, 4) is 11.5 Å². The molecular weight excluding hydrogens is 435 g/mol. The van der Waals surface area contributed by atoms with Gasteiger partial charge >= 0.3 is 0 Å². The van der Waals surface area contributed by atoms with Gasteiger partial charge in [0.1, 0.15) is 12.4 Å². The van der Waals surface area contributed by atoms with Crippen LogP contribution in [0.1, 0.15) is 5.56 Å². The fourth-order valence-electron chi connectivity index (χ4n) is 2.69. The first kappa shape index (κ1) is 21.7. The molecule has 7 nitrogen and oxygen atoms in total. The Labute approximate surface area is 180 Å². The van der Waals surface area contributed by atoms with Crippen molar-refractivity contribution < 1.29 is 28.2 Å². The summed E-state index contributed by atoms with van der Waals surface area (Å²) >= 11 is 6.88. The number of amides is 3. The zero-order chi connectivity index (χ0) is 21.8. The minimum absolute atomic E-state index is 0.137. The van der Waals surface area contributed by atoms with Gasteiger partial charge in [0.15, 0.2) is 11.5 Å². The predicted molar refractivity (Wildman–Crippen MR) is 112 cm³/mol. The minimum Gasteiger partial charge on any atom is -0.493 e. The van der Waals surface area contributed by atoms with E-state index in [4.69, 9.17) is 21.1 Å². The van der Waals surface area contributed by atoms with Gasteiger partial charge in [0.2, 0.25) is 5.91 Å². The van der Waals surface area contributed by atoms with E-state index in [2.05, 4.69) is 5.32 Å². The fourth-order valence-corrected chi connectivity index (χ4v) is 3.82. The van der Waals surface area contributed by atoms with E-state index in [0.29, 0.717) is 34.5 Å². The van der Waals surface area contributed by atoms with Gasteiger partial charge in [0, 0.05) is 5.69 Å². The lowest BCUT2D eigenvalue weighted by Crippen LogP contribution is -2.36. The number of hydrogen-bond acceptors (Lipinski definition) is 6. The van der Waals surface area contributed by atoms with Crippen LogP contribution in [0.4, 0.5) is 14.9 Å². The molecule has 3 amide bonds. The number of carbonyl (C=O) groups excluding carboxylic acids is 3. The zero-order valence-corrected chi connectivity index (χ0v) is 17.5. The third kappa shape index (κ3) is 4.74. The van der Waals surface area contributed by atoms with Gasteiger partial charge in [0.05, 0.1) is 24.1 Å². The Morgan fingerprint density at radius 1 is 1.20 bits per heavy atom. The molecule has 1 N–H and O–H groups in total. The second-order valence-corrected chi connectivity index (χ2v) is 7.46. The number of halogens is 2. The van der Waals surface area contributed by atoms with Crippen molar-refractivity contribution >= 4 is 52.2 Å². The number of methoxy groups -OCH3 is 2. The van der Waals surface area contributed by atoms with E-state index in [1.165, 1.54) is 44.6 Å². The number of ether oxygens (including phenoxy) is 2. The van der Waals surface area contributed by atoms with Crippen molar-refractivity contribution in [1.82, 2.24) is 4.90 Å². The normalized spacial score (nSPS) is 14.9. The highest BCUT2D eigenvalue weighted by atomic mass is 35.5. The lowest BCUT2D eigenvalue weighted by atomic mass is 10.2. The molecule has 30 heavy (non-hydrogen) atoms. The van der Waals surface area contributed by atoms with Gasteiger partial charge in [-0.05, 0) is 59.8 Å². The van der Waals surface area contributed by atoms with Crippen LogP contribution in [0.25, 0.3) is 6.08 Å². The van der Waals surface area contributed by atoms with Crippen molar-refractivity contribution in [1.29, 1.82) is 0 Å². The highest BCUT2D eigenvalue weighted by molar-refractivity contribution is 8.18. The summed E-state index contributed by atoms with van der Waals surface area (Å²) in [6.07, 6.45) is 1.48. The van der Waals surface area contributed by atoms with E-state index in [1.54, 1.807) is 12.1 Å². The Balaban J connectivity index is 1.75. The predicted octanol–water partition coefficient (Wildman–Crippen LogP) is 4.17. The molecule has 0 aliphatic carbocycles. The van der Waals surface area contributed by atoms with Crippen LogP contribution < -0.4 is 14.8 Å². The number of anilines is 1. The molecule has 0 bridgehead atoms.